The fourth-order valence-corrected chi connectivity index (χ4v) is 3.90. The second kappa shape index (κ2) is 3.71. The van der Waals surface area contributed by atoms with Crippen LogP contribution in [0.3, 0.4) is 0 Å². The number of hydrogen-bond donors (Lipinski definition) is 1. The van der Waals surface area contributed by atoms with E-state index in [0.29, 0.717) is 5.02 Å². The number of aromatic hydroxyl groups is 1. The summed E-state index contributed by atoms with van der Waals surface area (Å²) in [4.78, 5) is 0. The summed E-state index contributed by atoms with van der Waals surface area (Å²) in [5.74, 6) is 1.03. The highest BCUT2D eigenvalue weighted by Gasteiger charge is 2.43. The van der Waals surface area contributed by atoms with Gasteiger partial charge in [0.05, 0.1) is 10.9 Å². The summed E-state index contributed by atoms with van der Waals surface area (Å²) in [5, 5.41) is 12.8. The predicted octanol–water partition coefficient (Wildman–Crippen LogP) is 4.78. The third-order valence-electron chi connectivity index (χ3n) is 4.58. The maximum atomic E-state index is 9.93. The highest BCUT2D eigenvalue weighted by atomic mass is 35.5. The molecule has 21 heavy (non-hydrogen) atoms. The topological polar surface area (TPSA) is 29.5 Å². The molecule has 0 bridgehead atoms. The second-order valence-electron chi connectivity index (χ2n) is 5.65. The molecule has 1 aliphatic heterocycles. The van der Waals surface area contributed by atoms with E-state index in [0.717, 1.165) is 11.3 Å². The fraction of sp³-hybridized carbons (Fsp3) is 0.111. The lowest BCUT2D eigenvalue weighted by Crippen LogP contribution is -2.04. The first kappa shape index (κ1) is 11.5. The molecule has 2 aliphatic rings. The van der Waals surface area contributed by atoms with Crippen molar-refractivity contribution in [3.05, 3.63) is 70.2 Å². The van der Waals surface area contributed by atoms with Gasteiger partial charge in [-0.15, -0.1) is 0 Å². The van der Waals surface area contributed by atoms with Crippen molar-refractivity contribution in [2.75, 3.05) is 0 Å². The molecule has 102 valence electrons. The van der Waals surface area contributed by atoms with E-state index in [2.05, 4.69) is 36.4 Å². The summed E-state index contributed by atoms with van der Waals surface area (Å²) < 4.78 is 6.14. The number of phenolic OH excluding ortho intramolecular Hbond substituents is 1. The Morgan fingerprint density at radius 2 is 1.71 bits per heavy atom. The van der Waals surface area contributed by atoms with Crippen LogP contribution < -0.4 is 4.74 Å². The zero-order valence-corrected chi connectivity index (χ0v) is 11.8. The Bertz CT molecular complexity index is 911. The van der Waals surface area contributed by atoms with Crippen molar-refractivity contribution in [2.45, 2.75) is 12.0 Å². The van der Waals surface area contributed by atoms with Gasteiger partial charge in [-0.2, -0.15) is 0 Å². The Morgan fingerprint density at radius 3 is 2.52 bits per heavy atom. The molecule has 0 aromatic heterocycles. The van der Waals surface area contributed by atoms with Crippen molar-refractivity contribution < 1.29 is 9.84 Å². The van der Waals surface area contributed by atoms with Gasteiger partial charge in [0.2, 0.25) is 0 Å². The van der Waals surface area contributed by atoms with Crippen molar-refractivity contribution in [1.29, 1.82) is 0 Å². The average Bonchev–Trinajstić information content (AvgIpc) is 2.99. The summed E-state index contributed by atoms with van der Waals surface area (Å²) >= 11 is 6.00. The Labute approximate surface area is 126 Å². The fourth-order valence-electron chi connectivity index (χ4n) is 3.74. The van der Waals surface area contributed by atoms with Crippen LogP contribution in [0.1, 0.15) is 28.7 Å². The largest absolute Gasteiger partial charge is 0.506 e. The first-order valence-electron chi connectivity index (χ1n) is 6.94. The molecule has 0 saturated carbocycles. The Balaban J connectivity index is 1.84. The van der Waals surface area contributed by atoms with Crippen LogP contribution in [0.25, 0.3) is 10.8 Å². The number of phenols is 1. The van der Waals surface area contributed by atoms with Crippen molar-refractivity contribution >= 4 is 22.4 Å². The smallest absolute Gasteiger partial charge is 0.135 e. The van der Waals surface area contributed by atoms with Gasteiger partial charge in [-0.1, -0.05) is 48.0 Å². The summed E-state index contributed by atoms with van der Waals surface area (Å²) in [7, 11) is 0. The summed E-state index contributed by atoms with van der Waals surface area (Å²) in [6.45, 7) is 0. The van der Waals surface area contributed by atoms with Crippen molar-refractivity contribution in [2.24, 2.45) is 0 Å². The molecule has 0 spiro atoms. The van der Waals surface area contributed by atoms with Gasteiger partial charge in [0.25, 0.3) is 0 Å². The highest BCUT2D eigenvalue weighted by molar-refractivity contribution is 6.32. The van der Waals surface area contributed by atoms with E-state index in [1.165, 1.54) is 21.9 Å². The van der Waals surface area contributed by atoms with E-state index in [1.807, 2.05) is 0 Å². The normalized spacial score (nSPS) is 21.2. The first-order chi connectivity index (χ1) is 10.2. The van der Waals surface area contributed by atoms with Crippen molar-refractivity contribution in [1.82, 2.24) is 0 Å². The standard InChI is InChI=1S/C18H11ClO2/c19-13-8-15-12(7-14(13)20)17-10-5-1-3-9-4-2-6-11(16(9)10)18(17)21-15/h1-8,17-18,20H/t17-,18-/m0/s1. The highest BCUT2D eigenvalue weighted by Crippen LogP contribution is 2.57. The van der Waals surface area contributed by atoms with Gasteiger partial charge in [0.1, 0.15) is 17.6 Å². The predicted molar refractivity (Wildman–Crippen MR) is 82.3 cm³/mol. The van der Waals surface area contributed by atoms with E-state index < -0.39 is 0 Å². The van der Waals surface area contributed by atoms with E-state index in [1.54, 1.807) is 12.1 Å². The van der Waals surface area contributed by atoms with Gasteiger partial charge in [-0.25, -0.2) is 0 Å². The van der Waals surface area contributed by atoms with Crippen molar-refractivity contribution in [3.8, 4) is 11.5 Å². The number of benzene rings is 3. The monoisotopic (exact) mass is 294 g/mol. The van der Waals surface area contributed by atoms with Gasteiger partial charge < -0.3 is 9.84 Å². The minimum absolute atomic E-state index is 0.0148. The lowest BCUT2D eigenvalue weighted by molar-refractivity contribution is 0.230. The molecule has 0 unspecified atom stereocenters. The Morgan fingerprint density at radius 1 is 0.952 bits per heavy atom. The van der Waals surface area contributed by atoms with Crippen LogP contribution in [-0.2, 0) is 0 Å². The molecule has 0 amide bonds. The molecule has 1 aliphatic carbocycles. The molecule has 0 saturated heterocycles. The van der Waals surface area contributed by atoms with Crippen LogP contribution >= 0.6 is 11.6 Å². The number of ether oxygens (including phenoxy) is 1. The number of rotatable bonds is 0. The lowest BCUT2D eigenvalue weighted by Gasteiger charge is -2.11. The molecule has 3 aromatic rings. The summed E-state index contributed by atoms with van der Waals surface area (Å²) in [6, 6.07) is 16.1. The van der Waals surface area contributed by atoms with Crippen LogP contribution in [0.4, 0.5) is 0 Å². The van der Waals surface area contributed by atoms with Crippen LogP contribution in [0.5, 0.6) is 11.5 Å². The Kier molecular flexibility index (Phi) is 2.03. The third kappa shape index (κ3) is 1.33. The minimum Gasteiger partial charge on any atom is -0.506 e. The van der Waals surface area contributed by atoms with E-state index in [4.69, 9.17) is 16.3 Å². The molecule has 1 heterocycles. The molecule has 5 rings (SSSR count). The minimum atomic E-state index is -0.0148. The van der Waals surface area contributed by atoms with Gasteiger partial charge >= 0.3 is 0 Å². The van der Waals surface area contributed by atoms with E-state index >= 15 is 0 Å². The van der Waals surface area contributed by atoms with Gasteiger partial charge in [0.15, 0.2) is 0 Å². The van der Waals surface area contributed by atoms with Gasteiger partial charge in [-0.3, -0.25) is 0 Å². The van der Waals surface area contributed by atoms with Crippen LogP contribution in [0.15, 0.2) is 48.5 Å². The zero-order valence-electron chi connectivity index (χ0n) is 11.0. The van der Waals surface area contributed by atoms with Crippen LogP contribution in [-0.4, -0.2) is 5.11 Å². The van der Waals surface area contributed by atoms with Gasteiger partial charge in [0, 0.05) is 17.2 Å². The maximum Gasteiger partial charge on any atom is 0.135 e. The van der Waals surface area contributed by atoms with Gasteiger partial charge in [-0.05, 0) is 22.4 Å². The molecular formula is C18H11ClO2. The third-order valence-corrected chi connectivity index (χ3v) is 4.88. The average molecular weight is 295 g/mol. The maximum absolute atomic E-state index is 9.93. The number of halogens is 1. The van der Waals surface area contributed by atoms with Crippen LogP contribution in [0.2, 0.25) is 5.02 Å². The molecule has 3 heteroatoms. The van der Waals surface area contributed by atoms with E-state index in [9.17, 15) is 5.11 Å². The summed E-state index contributed by atoms with van der Waals surface area (Å²) in [5.41, 5.74) is 3.51. The van der Waals surface area contributed by atoms with E-state index in [-0.39, 0.29) is 17.8 Å². The van der Waals surface area contributed by atoms with Crippen LogP contribution in [0, 0.1) is 0 Å². The number of hydrogen-bond acceptors (Lipinski definition) is 2. The molecule has 2 nitrogen and oxygen atoms in total. The molecule has 3 aromatic carbocycles. The summed E-state index contributed by atoms with van der Waals surface area (Å²) in [6.07, 6.45) is -0.0148. The lowest BCUT2D eigenvalue weighted by atomic mass is 9.92. The molecule has 2 atom stereocenters. The quantitative estimate of drug-likeness (QED) is 0.646. The molecular weight excluding hydrogens is 284 g/mol. The Hall–Kier alpha value is -2.19. The zero-order chi connectivity index (χ0) is 14.1. The molecule has 0 radical (unpaired) electrons. The second-order valence-corrected chi connectivity index (χ2v) is 6.06. The van der Waals surface area contributed by atoms with Crippen molar-refractivity contribution in [3.63, 3.8) is 0 Å². The number of fused-ring (bicyclic) bond motifs is 5. The molecule has 0 fully saturated rings. The SMILES string of the molecule is Oc1cc2c(cc1Cl)O[C@H]1c3cccc4cccc(c34)[C@@H]21. The molecule has 1 N–H and O–H groups in total. The first-order valence-corrected chi connectivity index (χ1v) is 7.32.